The number of aromatic nitrogens is 1. The number of aldehydes is 1. The van der Waals surface area contributed by atoms with E-state index >= 15 is 0 Å². The normalized spacial score (nSPS) is 9.44. The van der Waals surface area contributed by atoms with Crippen LogP contribution in [-0.2, 0) is 6.00 Å². The Morgan fingerprint density at radius 3 is 3.00 bits per heavy atom. The zero-order chi connectivity index (χ0) is 6.69. The Bertz CT molecular complexity index is 207. The molecule has 0 unspecified atom stereocenters. The summed E-state index contributed by atoms with van der Waals surface area (Å²) in [5.74, 6) is 0. The van der Waals surface area contributed by atoms with Crippen molar-refractivity contribution in [1.82, 2.24) is 4.57 Å². The molecule has 0 aliphatic rings. The van der Waals surface area contributed by atoms with Crippen molar-refractivity contribution < 1.29 is 4.79 Å². The van der Waals surface area contributed by atoms with Gasteiger partial charge in [-0.05, 0) is 12.1 Å². The van der Waals surface area contributed by atoms with Gasteiger partial charge in [0.1, 0.15) is 0 Å². The Morgan fingerprint density at radius 2 is 2.56 bits per heavy atom. The predicted molar refractivity (Wildman–Crippen MR) is 35.7 cm³/mol. The topological polar surface area (TPSA) is 22.0 Å². The lowest BCUT2D eigenvalue weighted by molar-refractivity contribution is 0.111. The third-order valence-electron chi connectivity index (χ3n) is 1.11. The molecule has 0 aromatic carbocycles. The highest BCUT2D eigenvalue weighted by atomic mass is 35.5. The van der Waals surface area contributed by atoms with Gasteiger partial charge < -0.3 is 4.57 Å². The van der Waals surface area contributed by atoms with E-state index in [1.807, 2.05) is 0 Å². The molecule has 0 radical (unpaired) electrons. The zero-order valence-corrected chi connectivity index (χ0v) is 5.51. The van der Waals surface area contributed by atoms with Crippen molar-refractivity contribution in [3.05, 3.63) is 24.0 Å². The molecule has 0 N–H and O–H groups in total. The van der Waals surface area contributed by atoms with Crippen molar-refractivity contribution in [2.75, 3.05) is 0 Å². The first kappa shape index (κ1) is 6.36. The number of alkyl halides is 1. The molecule has 3 heteroatoms. The summed E-state index contributed by atoms with van der Waals surface area (Å²) in [7, 11) is 0. The Morgan fingerprint density at radius 1 is 1.78 bits per heavy atom. The maximum Gasteiger partial charge on any atom is 0.166 e. The Labute approximate surface area is 58.0 Å². The Kier molecular flexibility index (Phi) is 1.90. The molecule has 1 rings (SSSR count). The van der Waals surface area contributed by atoms with Gasteiger partial charge in [-0.3, -0.25) is 4.79 Å². The number of halogens is 1. The standard InChI is InChI=1S/C6H6ClNO/c7-5-8-3-1-2-6(8)4-9/h1-4H,5H2. The van der Waals surface area contributed by atoms with Crippen LogP contribution in [0.5, 0.6) is 0 Å². The quantitative estimate of drug-likeness (QED) is 0.454. The monoisotopic (exact) mass is 143 g/mol. The first-order chi connectivity index (χ1) is 4.38. The van der Waals surface area contributed by atoms with Gasteiger partial charge in [-0.25, -0.2) is 0 Å². The highest BCUT2D eigenvalue weighted by Gasteiger charge is 1.93. The molecule has 0 saturated heterocycles. The van der Waals surface area contributed by atoms with Crippen LogP contribution in [0, 0.1) is 0 Å². The van der Waals surface area contributed by atoms with E-state index in [0.29, 0.717) is 11.7 Å². The Balaban J connectivity index is 2.98. The number of rotatable bonds is 2. The molecule has 1 heterocycles. The molecule has 0 saturated carbocycles. The van der Waals surface area contributed by atoms with Gasteiger partial charge in [0.25, 0.3) is 0 Å². The fraction of sp³-hybridized carbons (Fsp3) is 0.167. The zero-order valence-electron chi connectivity index (χ0n) is 4.75. The maximum atomic E-state index is 10.2. The molecule has 1 aromatic heterocycles. The highest BCUT2D eigenvalue weighted by Crippen LogP contribution is 1.99. The summed E-state index contributed by atoms with van der Waals surface area (Å²) in [4.78, 5) is 10.2. The van der Waals surface area contributed by atoms with Crippen molar-refractivity contribution >= 4 is 17.9 Å². The van der Waals surface area contributed by atoms with E-state index in [-0.39, 0.29) is 0 Å². The molecule has 0 fully saturated rings. The molecule has 0 aliphatic heterocycles. The Hall–Kier alpha value is -0.760. The molecular formula is C6H6ClNO. The van der Waals surface area contributed by atoms with Gasteiger partial charge in [-0.2, -0.15) is 0 Å². The van der Waals surface area contributed by atoms with Crippen molar-refractivity contribution in [2.24, 2.45) is 0 Å². The summed E-state index contributed by atoms with van der Waals surface area (Å²) in [6.45, 7) is 0. The molecular weight excluding hydrogens is 138 g/mol. The summed E-state index contributed by atoms with van der Waals surface area (Å²) in [6.07, 6.45) is 2.54. The van der Waals surface area contributed by atoms with Crippen LogP contribution in [-0.4, -0.2) is 10.9 Å². The van der Waals surface area contributed by atoms with E-state index in [1.165, 1.54) is 0 Å². The first-order valence-corrected chi connectivity index (χ1v) is 3.08. The molecule has 1 aromatic rings. The first-order valence-electron chi connectivity index (χ1n) is 2.55. The van der Waals surface area contributed by atoms with Gasteiger partial charge in [-0.15, -0.1) is 11.6 Å². The molecule has 0 amide bonds. The van der Waals surface area contributed by atoms with Crippen LogP contribution < -0.4 is 0 Å². The van der Waals surface area contributed by atoms with Gasteiger partial charge in [-0.1, -0.05) is 0 Å². The SMILES string of the molecule is O=Cc1cccn1CCl. The fourth-order valence-corrected chi connectivity index (χ4v) is 0.861. The van der Waals surface area contributed by atoms with E-state index in [2.05, 4.69) is 0 Å². The minimum Gasteiger partial charge on any atom is -0.331 e. The lowest BCUT2D eigenvalue weighted by atomic mass is 10.5. The third kappa shape index (κ3) is 1.13. The summed E-state index contributed by atoms with van der Waals surface area (Å²) in [5.41, 5.74) is 0.616. The van der Waals surface area contributed by atoms with E-state index in [4.69, 9.17) is 11.6 Å². The van der Waals surface area contributed by atoms with Crippen LogP contribution in [0.15, 0.2) is 18.3 Å². The number of nitrogens with zero attached hydrogens (tertiary/aromatic N) is 1. The van der Waals surface area contributed by atoms with Gasteiger partial charge in [0.05, 0.1) is 11.7 Å². The second-order valence-electron chi connectivity index (χ2n) is 1.64. The minimum absolute atomic E-state index is 0.334. The molecule has 2 nitrogen and oxygen atoms in total. The van der Waals surface area contributed by atoms with Crippen LogP contribution in [0.3, 0.4) is 0 Å². The van der Waals surface area contributed by atoms with E-state index in [1.54, 1.807) is 22.9 Å². The van der Waals surface area contributed by atoms with Crippen LogP contribution >= 0.6 is 11.6 Å². The van der Waals surface area contributed by atoms with Crippen molar-refractivity contribution in [1.29, 1.82) is 0 Å². The smallest absolute Gasteiger partial charge is 0.166 e. The highest BCUT2D eigenvalue weighted by molar-refractivity contribution is 6.15. The number of hydrogen-bond acceptors (Lipinski definition) is 1. The summed E-state index contributed by atoms with van der Waals surface area (Å²) in [6, 6.07) is 3.84. The van der Waals surface area contributed by atoms with Gasteiger partial charge in [0.2, 0.25) is 0 Å². The third-order valence-corrected chi connectivity index (χ3v) is 1.37. The van der Waals surface area contributed by atoms with Crippen molar-refractivity contribution in [2.45, 2.75) is 6.00 Å². The molecule has 48 valence electrons. The lowest BCUT2D eigenvalue weighted by Gasteiger charge is -1.94. The van der Waals surface area contributed by atoms with Crippen LogP contribution in [0.2, 0.25) is 0 Å². The summed E-state index contributed by atoms with van der Waals surface area (Å²) < 4.78 is 1.66. The van der Waals surface area contributed by atoms with E-state index < -0.39 is 0 Å². The van der Waals surface area contributed by atoms with E-state index in [0.717, 1.165) is 6.29 Å². The second-order valence-corrected chi connectivity index (χ2v) is 1.88. The largest absolute Gasteiger partial charge is 0.331 e. The molecule has 0 bridgehead atoms. The average molecular weight is 144 g/mol. The fourth-order valence-electron chi connectivity index (χ4n) is 0.643. The van der Waals surface area contributed by atoms with Gasteiger partial charge in [0, 0.05) is 6.20 Å². The van der Waals surface area contributed by atoms with Crippen LogP contribution in [0.25, 0.3) is 0 Å². The van der Waals surface area contributed by atoms with Crippen molar-refractivity contribution in [3.8, 4) is 0 Å². The number of hydrogen-bond donors (Lipinski definition) is 0. The number of carbonyl (C=O) groups is 1. The average Bonchev–Trinajstić information content (AvgIpc) is 2.33. The van der Waals surface area contributed by atoms with Gasteiger partial charge in [0.15, 0.2) is 6.29 Å². The molecule has 0 aliphatic carbocycles. The molecule has 0 spiro atoms. The minimum atomic E-state index is 0.334. The van der Waals surface area contributed by atoms with Crippen molar-refractivity contribution in [3.63, 3.8) is 0 Å². The second kappa shape index (κ2) is 2.69. The predicted octanol–water partition coefficient (Wildman–Crippen LogP) is 1.50. The molecule has 9 heavy (non-hydrogen) atoms. The maximum absolute atomic E-state index is 10.2. The van der Waals surface area contributed by atoms with Gasteiger partial charge >= 0.3 is 0 Å². The number of carbonyl (C=O) groups excluding carboxylic acids is 1. The lowest BCUT2D eigenvalue weighted by Crippen LogP contribution is -1.94. The summed E-state index contributed by atoms with van der Waals surface area (Å²) >= 11 is 5.46. The van der Waals surface area contributed by atoms with E-state index in [9.17, 15) is 4.79 Å². The van der Waals surface area contributed by atoms with Crippen LogP contribution in [0.1, 0.15) is 10.5 Å². The van der Waals surface area contributed by atoms with Crippen LogP contribution in [0.4, 0.5) is 0 Å². The summed E-state index contributed by atoms with van der Waals surface area (Å²) in [5, 5.41) is 0. The molecule has 0 atom stereocenters.